The van der Waals surface area contributed by atoms with Crippen LogP contribution < -0.4 is 0 Å². The molecule has 1 amide bonds. The fraction of sp³-hybridized carbons (Fsp3) is 0.571. The molecule has 4 heteroatoms. The van der Waals surface area contributed by atoms with Crippen molar-refractivity contribution in [1.82, 2.24) is 14.8 Å². The van der Waals surface area contributed by atoms with Gasteiger partial charge in [0.05, 0.1) is 5.69 Å². The molecule has 0 aromatic carbocycles. The fourth-order valence-electron chi connectivity index (χ4n) is 2.44. The van der Waals surface area contributed by atoms with Gasteiger partial charge in [0, 0.05) is 44.8 Å². The molecule has 0 unspecified atom stereocenters. The predicted molar refractivity (Wildman–Crippen MR) is 68.8 cm³/mol. The van der Waals surface area contributed by atoms with E-state index < -0.39 is 0 Å². The number of pyridine rings is 1. The summed E-state index contributed by atoms with van der Waals surface area (Å²) in [5, 5.41) is 0. The summed E-state index contributed by atoms with van der Waals surface area (Å²) >= 11 is 0. The molecule has 18 heavy (non-hydrogen) atoms. The molecular weight excluding hydrogens is 226 g/mol. The van der Waals surface area contributed by atoms with E-state index in [4.69, 9.17) is 0 Å². The average molecular weight is 245 g/mol. The topological polar surface area (TPSA) is 36.4 Å². The number of carbonyl (C=O) groups is 1. The first-order valence-electron chi connectivity index (χ1n) is 6.74. The molecule has 0 N–H and O–H groups in total. The van der Waals surface area contributed by atoms with E-state index in [0.717, 1.165) is 51.3 Å². The van der Waals surface area contributed by atoms with Crippen LogP contribution in [0.4, 0.5) is 0 Å². The van der Waals surface area contributed by atoms with Crippen molar-refractivity contribution in [3.8, 4) is 0 Å². The summed E-state index contributed by atoms with van der Waals surface area (Å²) < 4.78 is 0. The van der Waals surface area contributed by atoms with Crippen LogP contribution in [0.15, 0.2) is 24.4 Å². The van der Waals surface area contributed by atoms with E-state index in [0.29, 0.717) is 11.8 Å². The Hall–Kier alpha value is -1.42. The molecule has 3 rings (SSSR count). The summed E-state index contributed by atoms with van der Waals surface area (Å²) in [5.74, 6) is 0.736. The third-order valence-electron chi connectivity index (χ3n) is 3.72. The Balaban J connectivity index is 1.49. The minimum atomic E-state index is 0.354. The van der Waals surface area contributed by atoms with Crippen molar-refractivity contribution in [2.24, 2.45) is 5.92 Å². The summed E-state index contributed by atoms with van der Waals surface area (Å²) in [5.41, 5.74) is 1.11. The molecule has 96 valence electrons. The van der Waals surface area contributed by atoms with Gasteiger partial charge in [-0.1, -0.05) is 6.07 Å². The third kappa shape index (κ3) is 2.70. The number of nitrogens with zero attached hydrogens (tertiary/aromatic N) is 3. The zero-order valence-corrected chi connectivity index (χ0v) is 10.6. The number of carbonyl (C=O) groups excluding carboxylic acids is 1. The lowest BCUT2D eigenvalue weighted by atomic mass is 10.2. The number of hydrogen-bond donors (Lipinski definition) is 0. The lowest BCUT2D eigenvalue weighted by molar-refractivity contribution is -0.134. The lowest BCUT2D eigenvalue weighted by Gasteiger charge is -2.34. The molecule has 2 aliphatic rings. The molecule has 1 aromatic heterocycles. The molecular formula is C14H19N3O. The van der Waals surface area contributed by atoms with Crippen molar-refractivity contribution in [2.75, 3.05) is 26.2 Å². The number of amides is 1. The van der Waals surface area contributed by atoms with Gasteiger partial charge in [-0.25, -0.2) is 0 Å². The number of rotatable bonds is 3. The van der Waals surface area contributed by atoms with Gasteiger partial charge < -0.3 is 4.90 Å². The summed E-state index contributed by atoms with van der Waals surface area (Å²) in [6.07, 6.45) is 4.04. The van der Waals surface area contributed by atoms with Crippen molar-refractivity contribution in [3.05, 3.63) is 30.1 Å². The molecule has 1 saturated heterocycles. The second kappa shape index (κ2) is 5.06. The number of aromatic nitrogens is 1. The summed E-state index contributed by atoms with van der Waals surface area (Å²) in [6, 6.07) is 6.02. The van der Waals surface area contributed by atoms with Crippen LogP contribution in [0.1, 0.15) is 18.5 Å². The van der Waals surface area contributed by atoms with Gasteiger partial charge in [0.2, 0.25) is 5.91 Å². The van der Waals surface area contributed by atoms with Crippen LogP contribution in [0, 0.1) is 5.92 Å². The minimum Gasteiger partial charge on any atom is -0.340 e. The molecule has 0 radical (unpaired) electrons. The molecule has 2 fully saturated rings. The summed E-state index contributed by atoms with van der Waals surface area (Å²) in [6.45, 7) is 4.58. The highest BCUT2D eigenvalue weighted by Gasteiger charge is 2.34. The molecule has 1 aromatic rings. The first kappa shape index (κ1) is 11.7. The van der Waals surface area contributed by atoms with Gasteiger partial charge in [-0.2, -0.15) is 0 Å². The van der Waals surface area contributed by atoms with Crippen LogP contribution in [0.25, 0.3) is 0 Å². The van der Waals surface area contributed by atoms with Crippen LogP contribution in [-0.4, -0.2) is 46.9 Å². The maximum Gasteiger partial charge on any atom is 0.225 e. The minimum absolute atomic E-state index is 0.354. The average Bonchev–Trinajstić information content (AvgIpc) is 3.24. The van der Waals surface area contributed by atoms with Crippen molar-refractivity contribution in [2.45, 2.75) is 19.4 Å². The lowest BCUT2D eigenvalue weighted by Crippen LogP contribution is -2.48. The monoisotopic (exact) mass is 245 g/mol. The smallest absolute Gasteiger partial charge is 0.225 e. The second-order valence-electron chi connectivity index (χ2n) is 5.20. The standard InChI is InChI=1S/C14H19N3O/c18-14(12-4-5-12)17-9-7-16(8-10-17)11-13-3-1-2-6-15-13/h1-3,6,12H,4-5,7-11H2. The van der Waals surface area contributed by atoms with Gasteiger partial charge in [-0.15, -0.1) is 0 Å². The van der Waals surface area contributed by atoms with E-state index in [-0.39, 0.29) is 0 Å². The SMILES string of the molecule is O=C(C1CC1)N1CCN(Cc2ccccn2)CC1. The molecule has 1 saturated carbocycles. The summed E-state index contributed by atoms with van der Waals surface area (Å²) in [7, 11) is 0. The van der Waals surface area contributed by atoms with E-state index in [1.54, 1.807) is 0 Å². The largest absolute Gasteiger partial charge is 0.340 e. The highest BCUT2D eigenvalue weighted by atomic mass is 16.2. The Morgan fingerprint density at radius 1 is 1.22 bits per heavy atom. The molecule has 2 heterocycles. The van der Waals surface area contributed by atoms with Crippen LogP contribution >= 0.6 is 0 Å². The molecule has 1 aliphatic heterocycles. The third-order valence-corrected chi connectivity index (χ3v) is 3.72. The maximum atomic E-state index is 11.9. The van der Waals surface area contributed by atoms with Crippen LogP contribution in [0.5, 0.6) is 0 Å². The van der Waals surface area contributed by atoms with Crippen molar-refractivity contribution < 1.29 is 4.79 Å². The van der Waals surface area contributed by atoms with E-state index >= 15 is 0 Å². The zero-order chi connectivity index (χ0) is 12.4. The quantitative estimate of drug-likeness (QED) is 0.801. The van der Waals surface area contributed by atoms with E-state index in [2.05, 4.69) is 16.0 Å². The second-order valence-corrected chi connectivity index (χ2v) is 5.20. The maximum absolute atomic E-state index is 11.9. The van der Waals surface area contributed by atoms with E-state index in [1.807, 2.05) is 23.2 Å². The van der Waals surface area contributed by atoms with E-state index in [1.165, 1.54) is 0 Å². The Bertz CT molecular complexity index is 408. The Labute approximate surface area is 108 Å². The molecule has 0 bridgehead atoms. The molecule has 0 atom stereocenters. The Morgan fingerprint density at radius 2 is 2.00 bits per heavy atom. The van der Waals surface area contributed by atoms with Gasteiger partial charge in [0.15, 0.2) is 0 Å². The highest BCUT2D eigenvalue weighted by molar-refractivity contribution is 5.81. The first-order valence-corrected chi connectivity index (χ1v) is 6.74. The normalized spacial score (nSPS) is 21.0. The number of piperazine rings is 1. The highest BCUT2D eigenvalue weighted by Crippen LogP contribution is 2.31. The van der Waals surface area contributed by atoms with Crippen LogP contribution in [0.2, 0.25) is 0 Å². The Kier molecular flexibility index (Phi) is 3.28. The van der Waals surface area contributed by atoms with Crippen molar-refractivity contribution in [3.63, 3.8) is 0 Å². The molecule has 4 nitrogen and oxygen atoms in total. The predicted octanol–water partition coefficient (Wildman–Crippen LogP) is 1.14. The van der Waals surface area contributed by atoms with Crippen molar-refractivity contribution >= 4 is 5.91 Å². The van der Waals surface area contributed by atoms with E-state index in [9.17, 15) is 4.79 Å². The van der Waals surface area contributed by atoms with Gasteiger partial charge in [-0.05, 0) is 25.0 Å². The van der Waals surface area contributed by atoms with Gasteiger partial charge >= 0.3 is 0 Å². The van der Waals surface area contributed by atoms with Crippen LogP contribution in [-0.2, 0) is 11.3 Å². The van der Waals surface area contributed by atoms with Gasteiger partial charge in [-0.3, -0.25) is 14.7 Å². The van der Waals surface area contributed by atoms with Gasteiger partial charge in [0.1, 0.15) is 0 Å². The fourth-order valence-corrected chi connectivity index (χ4v) is 2.44. The molecule has 1 aliphatic carbocycles. The van der Waals surface area contributed by atoms with Crippen molar-refractivity contribution in [1.29, 1.82) is 0 Å². The Morgan fingerprint density at radius 3 is 2.61 bits per heavy atom. The van der Waals surface area contributed by atoms with Crippen LogP contribution in [0.3, 0.4) is 0 Å². The zero-order valence-electron chi connectivity index (χ0n) is 10.6. The summed E-state index contributed by atoms with van der Waals surface area (Å²) in [4.78, 5) is 20.7. The first-order chi connectivity index (χ1) is 8.83. The number of hydrogen-bond acceptors (Lipinski definition) is 3. The van der Waals surface area contributed by atoms with Gasteiger partial charge in [0.25, 0.3) is 0 Å². The molecule has 0 spiro atoms.